The maximum atomic E-state index is 2.44. The molecule has 118 valence electrons. The van der Waals surface area contributed by atoms with Gasteiger partial charge in [-0.2, -0.15) is 0 Å². The summed E-state index contributed by atoms with van der Waals surface area (Å²) in [6.07, 6.45) is 0. The Bertz CT molecular complexity index is 822. The van der Waals surface area contributed by atoms with Gasteiger partial charge in [0.25, 0.3) is 5.82 Å². The van der Waals surface area contributed by atoms with Crippen LogP contribution in [0.4, 0.5) is 0 Å². The van der Waals surface area contributed by atoms with Gasteiger partial charge >= 0.3 is 0 Å². The van der Waals surface area contributed by atoms with E-state index in [-0.39, 0.29) is 0 Å². The highest BCUT2D eigenvalue weighted by Crippen LogP contribution is 2.27. The molecule has 0 atom stereocenters. The van der Waals surface area contributed by atoms with E-state index in [9.17, 15) is 0 Å². The van der Waals surface area contributed by atoms with Crippen molar-refractivity contribution in [2.24, 2.45) is 7.05 Å². The van der Waals surface area contributed by atoms with Gasteiger partial charge < -0.3 is 0 Å². The Hall–Kier alpha value is -2.35. The number of benzene rings is 2. The second kappa shape index (κ2) is 6.04. The van der Waals surface area contributed by atoms with E-state index in [2.05, 4.69) is 92.4 Å². The van der Waals surface area contributed by atoms with Crippen molar-refractivity contribution in [1.29, 1.82) is 0 Å². The van der Waals surface area contributed by atoms with Crippen molar-refractivity contribution in [1.82, 2.24) is 4.57 Å². The standard InChI is InChI=1S/C21H25N2/c1-15-10-9-11-16(2)20(15)21-22(5)17(3)18(4)23(21)14-19-12-7-6-8-13-19/h6-13H,14H2,1-5H3/q+1. The van der Waals surface area contributed by atoms with E-state index in [1.807, 2.05) is 0 Å². The van der Waals surface area contributed by atoms with Crippen LogP contribution in [0.25, 0.3) is 11.4 Å². The third-order valence-corrected chi connectivity index (χ3v) is 4.89. The zero-order chi connectivity index (χ0) is 16.6. The van der Waals surface area contributed by atoms with E-state index in [4.69, 9.17) is 0 Å². The van der Waals surface area contributed by atoms with Crippen molar-refractivity contribution in [3.63, 3.8) is 0 Å². The normalized spacial score (nSPS) is 11.0. The lowest BCUT2D eigenvalue weighted by Gasteiger charge is -2.10. The molecule has 3 rings (SSSR count). The Balaban J connectivity index is 2.23. The Labute approximate surface area is 139 Å². The van der Waals surface area contributed by atoms with Crippen molar-refractivity contribution in [2.45, 2.75) is 34.2 Å². The molecule has 0 saturated heterocycles. The van der Waals surface area contributed by atoms with E-state index in [1.165, 1.54) is 39.5 Å². The highest BCUT2D eigenvalue weighted by Gasteiger charge is 2.27. The molecular weight excluding hydrogens is 280 g/mol. The van der Waals surface area contributed by atoms with Gasteiger partial charge in [-0.25, -0.2) is 9.13 Å². The van der Waals surface area contributed by atoms with Gasteiger partial charge in [-0.05, 0) is 30.5 Å². The summed E-state index contributed by atoms with van der Waals surface area (Å²) in [6, 6.07) is 17.2. The Morgan fingerprint density at radius 2 is 1.43 bits per heavy atom. The SMILES string of the molecule is Cc1cccc(C)c1-c1n(Cc2ccccc2)c(C)c(C)[n+]1C. The summed E-state index contributed by atoms with van der Waals surface area (Å²) in [4.78, 5) is 0. The predicted molar refractivity (Wildman–Crippen MR) is 95.5 cm³/mol. The molecule has 1 heterocycles. The van der Waals surface area contributed by atoms with Gasteiger partial charge in [-0.3, -0.25) is 0 Å². The summed E-state index contributed by atoms with van der Waals surface area (Å²) < 4.78 is 4.77. The number of rotatable bonds is 3. The third-order valence-electron chi connectivity index (χ3n) is 4.89. The van der Waals surface area contributed by atoms with Crippen LogP contribution in [0.1, 0.15) is 28.1 Å². The van der Waals surface area contributed by atoms with Crippen LogP contribution < -0.4 is 4.57 Å². The first kappa shape index (κ1) is 15.5. The lowest BCUT2D eigenvalue weighted by Crippen LogP contribution is -2.33. The first-order valence-electron chi connectivity index (χ1n) is 8.17. The number of aromatic nitrogens is 2. The van der Waals surface area contributed by atoms with E-state index in [0.717, 1.165) is 6.54 Å². The molecule has 0 aliphatic heterocycles. The molecule has 2 aromatic carbocycles. The summed E-state index contributed by atoms with van der Waals surface area (Å²) in [5.41, 5.74) is 7.98. The van der Waals surface area contributed by atoms with E-state index in [0.29, 0.717) is 0 Å². The highest BCUT2D eigenvalue weighted by molar-refractivity contribution is 5.63. The Kier molecular flexibility index (Phi) is 4.08. The van der Waals surface area contributed by atoms with Gasteiger partial charge in [0.1, 0.15) is 17.9 Å². The van der Waals surface area contributed by atoms with Crippen LogP contribution in [-0.4, -0.2) is 4.57 Å². The number of hydrogen-bond donors (Lipinski definition) is 0. The number of imidazole rings is 1. The first-order valence-corrected chi connectivity index (χ1v) is 8.17. The predicted octanol–water partition coefficient (Wildman–Crippen LogP) is 4.26. The van der Waals surface area contributed by atoms with Crippen LogP contribution >= 0.6 is 0 Å². The lowest BCUT2D eigenvalue weighted by molar-refractivity contribution is -0.665. The average molecular weight is 305 g/mol. The molecule has 0 amide bonds. The van der Waals surface area contributed by atoms with E-state index in [1.54, 1.807) is 0 Å². The van der Waals surface area contributed by atoms with Gasteiger partial charge in [0.2, 0.25) is 0 Å². The van der Waals surface area contributed by atoms with Crippen LogP contribution in [0.2, 0.25) is 0 Å². The fourth-order valence-corrected chi connectivity index (χ4v) is 3.37. The zero-order valence-corrected chi connectivity index (χ0v) is 14.7. The van der Waals surface area contributed by atoms with Crippen LogP contribution in [0.5, 0.6) is 0 Å². The Morgan fingerprint density at radius 3 is 2.04 bits per heavy atom. The molecule has 0 aliphatic rings. The number of aryl methyl sites for hydroxylation is 2. The first-order chi connectivity index (χ1) is 11.0. The summed E-state index contributed by atoms with van der Waals surface area (Å²) >= 11 is 0. The Morgan fingerprint density at radius 1 is 0.826 bits per heavy atom. The van der Waals surface area contributed by atoms with Crippen molar-refractivity contribution in [3.05, 3.63) is 76.6 Å². The molecule has 0 unspecified atom stereocenters. The van der Waals surface area contributed by atoms with Gasteiger partial charge in [-0.15, -0.1) is 0 Å². The number of hydrogen-bond acceptors (Lipinski definition) is 0. The quantitative estimate of drug-likeness (QED) is 0.639. The summed E-state index contributed by atoms with van der Waals surface area (Å²) in [5.74, 6) is 1.29. The minimum atomic E-state index is 0.900. The van der Waals surface area contributed by atoms with Crippen LogP contribution in [0.15, 0.2) is 48.5 Å². The summed E-state index contributed by atoms with van der Waals surface area (Å²) in [6.45, 7) is 9.72. The molecule has 23 heavy (non-hydrogen) atoms. The maximum Gasteiger partial charge on any atom is 0.289 e. The molecule has 1 aromatic heterocycles. The lowest BCUT2D eigenvalue weighted by atomic mass is 10.0. The van der Waals surface area contributed by atoms with Gasteiger partial charge in [0.15, 0.2) is 0 Å². The smallest absolute Gasteiger partial charge is 0.230 e. The van der Waals surface area contributed by atoms with E-state index >= 15 is 0 Å². The van der Waals surface area contributed by atoms with Crippen LogP contribution in [0, 0.1) is 27.7 Å². The fourth-order valence-electron chi connectivity index (χ4n) is 3.37. The zero-order valence-electron chi connectivity index (χ0n) is 14.7. The molecule has 0 fully saturated rings. The third kappa shape index (κ3) is 2.70. The molecule has 0 saturated carbocycles. The second-order valence-corrected chi connectivity index (χ2v) is 6.39. The highest BCUT2D eigenvalue weighted by atomic mass is 15.2. The molecule has 2 heteroatoms. The second-order valence-electron chi connectivity index (χ2n) is 6.39. The van der Waals surface area contributed by atoms with Crippen molar-refractivity contribution in [3.8, 4) is 11.4 Å². The number of nitrogens with zero attached hydrogens (tertiary/aromatic N) is 2. The van der Waals surface area contributed by atoms with Crippen molar-refractivity contribution < 1.29 is 4.57 Å². The van der Waals surface area contributed by atoms with Crippen molar-refractivity contribution in [2.75, 3.05) is 0 Å². The monoisotopic (exact) mass is 305 g/mol. The largest absolute Gasteiger partial charge is 0.289 e. The van der Waals surface area contributed by atoms with Crippen LogP contribution in [0.3, 0.4) is 0 Å². The van der Waals surface area contributed by atoms with Crippen LogP contribution in [-0.2, 0) is 13.6 Å². The molecule has 0 N–H and O–H groups in total. The van der Waals surface area contributed by atoms with Gasteiger partial charge in [-0.1, -0.05) is 48.5 Å². The molecule has 0 spiro atoms. The fraction of sp³-hybridized carbons (Fsp3) is 0.286. The topological polar surface area (TPSA) is 8.81 Å². The van der Waals surface area contributed by atoms with Crippen molar-refractivity contribution >= 4 is 0 Å². The minimum Gasteiger partial charge on any atom is -0.230 e. The molecule has 3 aromatic rings. The molecular formula is C21H25N2+. The summed E-state index contributed by atoms with van der Waals surface area (Å²) in [7, 11) is 2.17. The average Bonchev–Trinajstić information content (AvgIpc) is 2.74. The summed E-state index contributed by atoms with van der Waals surface area (Å²) in [5, 5.41) is 0. The minimum absolute atomic E-state index is 0.900. The molecule has 0 bridgehead atoms. The van der Waals surface area contributed by atoms with E-state index < -0.39 is 0 Å². The van der Waals surface area contributed by atoms with Gasteiger partial charge in [0, 0.05) is 13.8 Å². The molecule has 2 nitrogen and oxygen atoms in total. The maximum absolute atomic E-state index is 2.44. The molecule has 0 radical (unpaired) electrons. The van der Waals surface area contributed by atoms with Gasteiger partial charge in [0.05, 0.1) is 12.6 Å². The molecule has 0 aliphatic carbocycles.